The summed E-state index contributed by atoms with van der Waals surface area (Å²) in [5.74, 6) is -0.308. The largest absolute Gasteiger partial charge is 0.394 e. The van der Waals surface area contributed by atoms with E-state index in [1.807, 2.05) is 18.2 Å². The minimum atomic E-state index is -0.680. The number of rotatable bonds is 8. The third kappa shape index (κ3) is 6.14. The zero-order valence-electron chi connectivity index (χ0n) is 15.1. The number of hydrogen-bond acceptors (Lipinski definition) is 4. The van der Waals surface area contributed by atoms with Crippen molar-refractivity contribution < 1.29 is 14.7 Å². The fourth-order valence-corrected chi connectivity index (χ4v) is 3.03. The summed E-state index contributed by atoms with van der Waals surface area (Å²) in [5, 5.41) is 14.9. The normalized spacial score (nSPS) is 18.7. The van der Waals surface area contributed by atoms with Crippen molar-refractivity contribution in [3.63, 3.8) is 0 Å². The number of carbonyl (C=O) groups excluding carboxylic acids is 2. The molecule has 6 nitrogen and oxygen atoms in total. The number of aliphatic hydroxyl groups is 1. The first-order valence-corrected chi connectivity index (χ1v) is 8.89. The lowest BCUT2D eigenvalue weighted by molar-refractivity contribution is -0.134. The highest BCUT2D eigenvalue weighted by molar-refractivity contribution is 5.89. The van der Waals surface area contributed by atoms with Crippen molar-refractivity contribution in [2.75, 3.05) is 26.2 Å². The molecule has 2 amide bonds. The lowest BCUT2D eigenvalue weighted by Crippen LogP contribution is -2.57. The van der Waals surface area contributed by atoms with Gasteiger partial charge < -0.3 is 15.7 Å². The van der Waals surface area contributed by atoms with E-state index in [0.717, 1.165) is 25.9 Å². The Morgan fingerprint density at radius 3 is 2.76 bits per heavy atom. The molecule has 1 aromatic rings. The van der Waals surface area contributed by atoms with Gasteiger partial charge in [-0.15, -0.1) is 0 Å². The van der Waals surface area contributed by atoms with Crippen LogP contribution >= 0.6 is 0 Å². The molecule has 1 saturated heterocycles. The SMILES string of the molecule is CC(C)(CO)NC(=O)C[C@@H]1C(=O)NCCN1CCCc1ccccc1. The van der Waals surface area contributed by atoms with Crippen molar-refractivity contribution in [1.29, 1.82) is 0 Å². The number of carbonyl (C=O) groups is 2. The van der Waals surface area contributed by atoms with Crippen LogP contribution in [0.5, 0.6) is 0 Å². The molecule has 2 rings (SSSR count). The second-order valence-electron chi connectivity index (χ2n) is 7.23. The molecule has 1 heterocycles. The highest BCUT2D eigenvalue weighted by Crippen LogP contribution is 2.12. The Bertz CT molecular complexity index is 575. The molecule has 25 heavy (non-hydrogen) atoms. The second kappa shape index (κ2) is 8.97. The lowest BCUT2D eigenvalue weighted by atomic mass is 10.0. The molecule has 1 aromatic carbocycles. The van der Waals surface area contributed by atoms with Gasteiger partial charge in [-0.3, -0.25) is 14.5 Å². The number of piperazine rings is 1. The van der Waals surface area contributed by atoms with Crippen LogP contribution in [0.2, 0.25) is 0 Å². The first-order valence-electron chi connectivity index (χ1n) is 8.89. The molecule has 3 N–H and O–H groups in total. The summed E-state index contributed by atoms with van der Waals surface area (Å²) >= 11 is 0. The molecule has 0 radical (unpaired) electrons. The molecule has 1 fully saturated rings. The maximum Gasteiger partial charge on any atom is 0.237 e. The number of benzene rings is 1. The molecule has 0 aromatic heterocycles. The summed E-state index contributed by atoms with van der Waals surface area (Å²) in [7, 11) is 0. The second-order valence-corrected chi connectivity index (χ2v) is 7.23. The molecule has 1 aliphatic rings. The zero-order chi connectivity index (χ0) is 18.3. The van der Waals surface area contributed by atoms with Crippen molar-refractivity contribution >= 4 is 11.8 Å². The van der Waals surface area contributed by atoms with E-state index in [1.165, 1.54) is 5.56 Å². The van der Waals surface area contributed by atoms with Gasteiger partial charge in [-0.2, -0.15) is 0 Å². The Labute approximate surface area is 149 Å². The van der Waals surface area contributed by atoms with Crippen molar-refractivity contribution in [1.82, 2.24) is 15.5 Å². The maximum absolute atomic E-state index is 12.2. The fourth-order valence-electron chi connectivity index (χ4n) is 3.03. The highest BCUT2D eigenvalue weighted by atomic mass is 16.3. The lowest BCUT2D eigenvalue weighted by Gasteiger charge is -2.35. The van der Waals surface area contributed by atoms with E-state index in [-0.39, 0.29) is 24.8 Å². The number of nitrogens with zero attached hydrogens (tertiary/aromatic N) is 1. The summed E-state index contributed by atoms with van der Waals surface area (Å²) in [6.07, 6.45) is 2.01. The van der Waals surface area contributed by atoms with Gasteiger partial charge in [0.15, 0.2) is 0 Å². The monoisotopic (exact) mass is 347 g/mol. The topological polar surface area (TPSA) is 81.7 Å². The molecule has 0 unspecified atom stereocenters. The third-order valence-electron chi connectivity index (χ3n) is 4.45. The molecule has 6 heteroatoms. The standard InChI is InChI=1S/C19H29N3O3/c1-19(2,14-23)21-17(24)13-16-18(25)20-10-12-22(16)11-6-9-15-7-4-3-5-8-15/h3-5,7-8,16,23H,6,9-14H2,1-2H3,(H,20,25)(H,21,24)/t16-/m1/s1. The maximum atomic E-state index is 12.2. The predicted molar refractivity (Wildman–Crippen MR) is 97.1 cm³/mol. The Morgan fingerprint density at radius 1 is 1.36 bits per heavy atom. The van der Waals surface area contributed by atoms with Gasteiger partial charge in [0.2, 0.25) is 11.8 Å². The molecule has 0 bridgehead atoms. The van der Waals surface area contributed by atoms with Crippen LogP contribution in [0.15, 0.2) is 30.3 Å². The number of hydrogen-bond donors (Lipinski definition) is 3. The van der Waals surface area contributed by atoms with E-state index in [2.05, 4.69) is 27.7 Å². The van der Waals surface area contributed by atoms with Gasteiger partial charge in [-0.25, -0.2) is 0 Å². The smallest absolute Gasteiger partial charge is 0.237 e. The molecular formula is C19H29N3O3. The summed E-state index contributed by atoms with van der Waals surface area (Å²) in [4.78, 5) is 26.6. The van der Waals surface area contributed by atoms with Crippen molar-refractivity contribution in [3.05, 3.63) is 35.9 Å². The summed E-state index contributed by atoms with van der Waals surface area (Å²) in [6.45, 7) is 5.51. The average molecular weight is 347 g/mol. The predicted octanol–water partition coefficient (Wildman–Crippen LogP) is 0.697. The van der Waals surface area contributed by atoms with Crippen molar-refractivity contribution in [3.8, 4) is 0 Å². The van der Waals surface area contributed by atoms with Crippen LogP contribution in [0.1, 0.15) is 32.3 Å². The van der Waals surface area contributed by atoms with Crippen molar-refractivity contribution in [2.45, 2.75) is 44.7 Å². The Balaban J connectivity index is 1.89. The van der Waals surface area contributed by atoms with E-state index in [1.54, 1.807) is 13.8 Å². The quantitative estimate of drug-likeness (QED) is 0.646. The van der Waals surface area contributed by atoms with Crippen LogP contribution in [-0.2, 0) is 16.0 Å². The fraction of sp³-hybridized carbons (Fsp3) is 0.579. The van der Waals surface area contributed by atoms with Crippen molar-refractivity contribution in [2.24, 2.45) is 0 Å². The van der Waals surface area contributed by atoms with E-state index >= 15 is 0 Å². The molecule has 0 aliphatic carbocycles. The van der Waals surface area contributed by atoms with Gasteiger partial charge in [0.25, 0.3) is 0 Å². The van der Waals surface area contributed by atoms with Crippen LogP contribution in [0, 0.1) is 0 Å². The number of nitrogens with one attached hydrogen (secondary N) is 2. The van der Waals surface area contributed by atoms with Gasteiger partial charge in [0.05, 0.1) is 24.6 Å². The summed E-state index contributed by atoms with van der Waals surface area (Å²) in [6, 6.07) is 9.81. The summed E-state index contributed by atoms with van der Waals surface area (Å²) in [5.41, 5.74) is 0.600. The zero-order valence-corrected chi connectivity index (χ0v) is 15.1. The Morgan fingerprint density at radius 2 is 2.08 bits per heavy atom. The van der Waals surface area contributed by atoms with Gasteiger partial charge in [-0.05, 0) is 38.8 Å². The van der Waals surface area contributed by atoms with Crippen LogP contribution in [-0.4, -0.2) is 59.6 Å². The molecule has 0 spiro atoms. The van der Waals surface area contributed by atoms with E-state index in [0.29, 0.717) is 6.54 Å². The van der Waals surface area contributed by atoms with Gasteiger partial charge in [-0.1, -0.05) is 30.3 Å². The van der Waals surface area contributed by atoms with Crippen LogP contribution in [0.4, 0.5) is 0 Å². The number of amides is 2. The minimum absolute atomic E-state index is 0.0945. The van der Waals surface area contributed by atoms with Crippen LogP contribution < -0.4 is 10.6 Å². The molecule has 0 saturated carbocycles. The molecule has 1 atom stereocenters. The average Bonchev–Trinajstić information content (AvgIpc) is 2.58. The van der Waals surface area contributed by atoms with Gasteiger partial charge in [0, 0.05) is 13.1 Å². The molecular weight excluding hydrogens is 318 g/mol. The van der Waals surface area contributed by atoms with E-state index in [9.17, 15) is 14.7 Å². The first-order chi connectivity index (χ1) is 11.9. The van der Waals surface area contributed by atoms with Crippen LogP contribution in [0.3, 0.4) is 0 Å². The molecule has 1 aliphatic heterocycles. The molecule has 138 valence electrons. The van der Waals surface area contributed by atoms with Gasteiger partial charge in [0.1, 0.15) is 0 Å². The minimum Gasteiger partial charge on any atom is -0.394 e. The number of aryl methyl sites for hydroxylation is 1. The van der Waals surface area contributed by atoms with E-state index in [4.69, 9.17) is 0 Å². The van der Waals surface area contributed by atoms with Gasteiger partial charge >= 0.3 is 0 Å². The Kier molecular flexibility index (Phi) is 6.96. The highest BCUT2D eigenvalue weighted by Gasteiger charge is 2.32. The number of aliphatic hydroxyl groups excluding tert-OH is 1. The first kappa shape index (κ1) is 19.4. The summed E-state index contributed by atoms with van der Waals surface area (Å²) < 4.78 is 0. The third-order valence-corrected chi connectivity index (χ3v) is 4.45. The van der Waals surface area contributed by atoms with Crippen LogP contribution in [0.25, 0.3) is 0 Å². The van der Waals surface area contributed by atoms with E-state index < -0.39 is 11.6 Å². The Hall–Kier alpha value is -1.92.